The quantitative estimate of drug-likeness (QED) is 0.769. The Hall–Kier alpha value is -1.48. The van der Waals surface area contributed by atoms with Gasteiger partial charge in [0.15, 0.2) is 0 Å². The van der Waals surface area contributed by atoms with Gasteiger partial charge in [-0.15, -0.1) is 0 Å². The Kier molecular flexibility index (Phi) is 6.34. The molecule has 1 aliphatic heterocycles. The summed E-state index contributed by atoms with van der Waals surface area (Å²) in [5.74, 6) is 0.220. The van der Waals surface area contributed by atoms with Crippen LogP contribution in [0.5, 0.6) is 0 Å². The van der Waals surface area contributed by atoms with Crippen LogP contribution in [0.3, 0.4) is 0 Å². The second kappa shape index (κ2) is 8.06. The number of hydrogen-bond acceptors (Lipinski definition) is 4. The monoisotopic (exact) mass is 354 g/mol. The summed E-state index contributed by atoms with van der Waals surface area (Å²) in [6, 6.07) is 9.86. The highest BCUT2D eigenvalue weighted by Crippen LogP contribution is 2.21. The van der Waals surface area contributed by atoms with Crippen LogP contribution >= 0.6 is 0 Å². The maximum Gasteiger partial charge on any atom is 0.276 e. The summed E-state index contributed by atoms with van der Waals surface area (Å²) in [7, 11) is -3.64. The van der Waals surface area contributed by atoms with Gasteiger partial charge in [0.1, 0.15) is 0 Å². The number of carbonyl (C=O) groups excluding carboxylic acids is 1. The number of nitrogens with zero attached hydrogens (tertiary/aromatic N) is 2. The summed E-state index contributed by atoms with van der Waals surface area (Å²) in [6.45, 7) is 6.04. The lowest BCUT2D eigenvalue weighted by Crippen LogP contribution is -2.52. The highest BCUT2D eigenvalue weighted by atomic mass is 32.2. The van der Waals surface area contributed by atoms with Crippen LogP contribution in [-0.4, -0.2) is 56.3 Å². The molecule has 1 saturated heterocycles. The minimum Gasteiger partial charge on any atom is -0.348 e. The van der Waals surface area contributed by atoms with E-state index in [0.29, 0.717) is 26.2 Å². The van der Waals surface area contributed by atoms with Crippen molar-refractivity contribution in [2.24, 2.45) is 11.1 Å². The lowest BCUT2D eigenvalue weighted by molar-refractivity contribution is -0.123. The van der Waals surface area contributed by atoms with E-state index in [1.165, 1.54) is 4.31 Å². The minimum absolute atomic E-state index is 0.0376. The van der Waals surface area contributed by atoms with Gasteiger partial charge in [-0.1, -0.05) is 44.2 Å². The predicted molar refractivity (Wildman–Crippen MR) is 93.3 cm³/mol. The van der Waals surface area contributed by atoms with Crippen molar-refractivity contribution in [2.75, 3.05) is 32.7 Å². The molecule has 24 heavy (non-hydrogen) atoms. The molecule has 2 rings (SSSR count). The molecule has 1 aromatic rings. The van der Waals surface area contributed by atoms with Crippen LogP contribution in [0.4, 0.5) is 0 Å². The number of benzene rings is 1. The van der Waals surface area contributed by atoms with Gasteiger partial charge in [0.25, 0.3) is 10.2 Å². The highest BCUT2D eigenvalue weighted by molar-refractivity contribution is 7.86. The zero-order valence-electron chi connectivity index (χ0n) is 14.2. The van der Waals surface area contributed by atoms with E-state index in [0.717, 1.165) is 5.56 Å². The van der Waals surface area contributed by atoms with Gasteiger partial charge in [-0.3, -0.25) is 9.69 Å². The molecule has 0 aromatic heterocycles. The first kappa shape index (κ1) is 18.9. The van der Waals surface area contributed by atoms with E-state index in [1.807, 2.05) is 35.2 Å². The van der Waals surface area contributed by atoms with E-state index in [4.69, 9.17) is 5.14 Å². The molecular weight excluding hydrogens is 328 g/mol. The molecule has 1 unspecified atom stereocenters. The molecule has 1 atom stereocenters. The number of hydrogen-bond donors (Lipinski definition) is 2. The molecule has 1 aromatic carbocycles. The maximum absolute atomic E-state index is 12.4. The lowest BCUT2D eigenvalue weighted by atomic mass is 9.96. The summed E-state index contributed by atoms with van der Waals surface area (Å²) in [4.78, 5) is 14.3. The van der Waals surface area contributed by atoms with Crippen LogP contribution in [0.25, 0.3) is 0 Å². The molecule has 8 heteroatoms. The average molecular weight is 354 g/mol. The van der Waals surface area contributed by atoms with E-state index in [9.17, 15) is 13.2 Å². The Labute approximate surface area is 144 Å². The van der Waals surface area contributed by atoms with Crippen LogP contribution < -0.4 is 10.5 Å². The number of nitrogens with one attached hydrogen (secondary N) is 1. The number of rotatable bonds is 6. The third kappa shape index (κ3) is 5.27. The van der Waals surface area contributed by atoms with Crippen LogP contribution in [0.1, 0.15) is 25.5 Å². The molecule has 1 aliphatic rings. The van der Waals surface area contributed by atoms with E-state index in [2.05, 4.69) is 19.2 Å². The van der Waals surface area contributed by atoms with Gasteiger partial charge < -0.3 is 5.32 Å². The first-order valence-electron chi connectivity index (χ1n) is 8.12. The van der Waals surface area contributed by atoms with Gasteiger partial charge in [-0.2, -0.15) is 12.7 Å². The van der Waals surface area contributed by atoms with Crippen LogP contribution in [0.15, 0.2) is 30.3 Å². The number of piperazine rings is 1. The van der Waals surface area contributed by atoms with Gasteiger partial charge in [0, 0.05) is 26.2 Å². The molecule has 0 radical (unpaired) electrons. The van der Waals surface area contributed by atoms with Crippen molar-refractivity contribution in [3.63, 3.8) is 0 Å². The fourth-order valence-corrected chi connectivity index (χ4v) is 3.53. The molecule has 1 amide bonds. The van der Waals surface area contributed by atoms with E-state index < -0.39 is 10.2 Å². The zero-order chi connectivity index (χ0) is 17.7. The number of carbonyl (C=O) groups is 1. The fourth-order valence-electron chi connectivity index (χ4n) is 2.86. The largest absolute Gasteiger partial charge is 0.348 e. The topological polar surface area (TPSA) is 95.7 Å². The van der Waals surface area contributed by atoms with Gasteiger partial charge in [0.2, 0.25) is 5.91 Å². The molecule has 0 spiro atoms. The molecule has 7 nitrogen and oxygen atoms in total. The zero-order valence-corrected chi connectivity index (χ0v) is 15.0. The van der Waals surface area contributed by atoms with Crippen LogP contribution in [0.2, 0.25) is 0 Å². The molecule has 0 saturated carbocycles. The average Bonchev–Trinajstić information content (AvgIpc) is 2.53. The van der Waals surface area contributed by atoms with Gasteiger partial charge in [-0.25, -0.2) is 5.14 Å². The van der Waals surface area contributed by atoms with Gasteiger partial charge in [-0.05, 0) is 11.5 Å². The number of amides is 1. The first-order valence-corrected chi connectivity index (χ1v) is 9.62. The highest BCUT2D eigenvalue weighted by Gasteiger charge is 2.26. The smallest absolute Gasteiger partial charge is 0.276 e. The summed E-state index contributed by atoms with van der Waals surface area (Å²) < 4.78 is 23.8. The first-order chi connectivity index (χ1) is 11.3. The Morgan fingerprint density at radius 2 is 1.75 bits per heavy atom. The second-order valence-electron chi connectivity index (χ2n) is 6.42. The lowest BCUT2D eigenvalue weighted by Gasteiger charge is -2.33. The summed E-state index contributed by atoms with van der Waals surface area (Å²) in [5.41, 5.74) is 1.08. The normalized spacial score (nSPS) is 18.5. The Morgan fingerprint density at radius 3 is 2.25 bits per heavy atom. The van der Waals surface area contributed by atoms with Gasteiger partial charge in [0.05, 0.1) is 12.6 Å². The second-order valence-corrected chi connectivity index (χ2v) is 7.97. The third-order valence-electron chi connectivity index (χ3n) is 4.20. The van der Waals surface area contributed by atoms with Crippen molar-refractivity contribution >= 4 is 16.1 Å². The molecule has 0 bridgehead atoms. The summed E-state index contributed by atoms with van der Waals surface area (Å²) in [6.07, 6.45) is 0. The van der Waals surface area contributed by atoms with Crippen molar-refractivity contribution < 1.29 is 13.2 Å². The fraction of sp³-hybridized carbons (Fsp3) is 0.562. The number of nitrogens with two attached hydrogens (primary N) is 1. The molecule has 0 aliphatic carbocycles. The molecule has 1 heterocycles. The van der Waals surface area contributed by atoms with Crippen molar-refractivity contribution in [1.29, 1.82) is 0 Å². The van der Waals surface area contributed by atoms with Crippen LogP contribution in [-0.2, 0) is 15.0 Å². The summed E-state index contributed by atoms with van der Waals surface area (Å²) >= 11 is 0. The minimum atomic E-state index is -3.64. The van der Waals surface area contributed by atoms with Crippen LogP contribution in [0, 0.1) is 5.92 Å². The molecular formula is C16H26N4O3S. The third-order valence-corrected chi connectivity index (χ3v) is 5.29. The van der Waals surface area contributed by atoms with Gasteiger partial charge >= 0.3 is 0 Å². The Morgan fingerprint density at radius 1 is 1.17 bits per heavy atom. The molecule has 1 fully saturated rings. The molecule has 3 N–H and O–H groups in total. The van der Waals surface area contributed by atoms with Crippen molar-refractivity contribution in [3.05, 3.63) is 35.9 Å². The Balaban J connectivity index is 1.89. The SMILES string of the molecule is CC(C)C(NC(=O)CN1CCN(S(N)(=O)=O)CC1)c1ccccc1. The van der Waals surface area contributed by atoms with E-state index in [1.54, 1.807) is 0 Å². The molecule has 134 valence electrons. The predicted octanol–water partition coefficient (Wildman–Crippen LogP) is 0.321. The maximum atomic E-state index is 12.4. The van der Waals surface area contributed by atoms with E-state index >= 15 is 0 Å². The van der Waals surface area contributed by atoms with E-state index in [-0.39, 0.29) is 24.4 Å². The van der Waals surface area contributed by atoms with Crippen molar-refractivity contribution in [2.45, 2.75) is 19.9 Å². The van der Waals surface area contributed by atoms with Crippen molar-refractivity contribution in [1.82, 2.24) is 14.5 Å². The summed E-state index contributed by atoms with van der Waals surface area (Å²) in [5, 5.41) is 8.21. The van der Waals surface area contributed by atoms with Crippen molar-refractivity contribution in [3.8, 4) is 0 Å². The Bertz CT molecular complexity index is 641. The standard InChI is InChI=1S/C16H26N4O3S/c1-13(2)16(14-6-4-3-5-7-14)18-15(21)12-19-8-10-20(11-9-19)24(17,22)23/h3-7,13,16H,8-12H2,1-2H3,(H,18,21)(H2,17,22,23).